The highest BCUT2D eigenvalue weighted by Crippen LogP contribution is 2.28. The minimum Gasteiger partial charge on any atom is -0.457 e. The van der Waals surface area contributed by atoms with Crippen LogP contribution in [0.3, 0.4) is 0 Å². The van der Waals surface area contributed by atoms with Crippen LogP contribution in [0, 0.1) is 5.82 Å². The van der Waals surface area contributed by atoms with Crippen molar-refractivity contribution in [2.75, 3.05) is 4.90 Å². The van der Waals surface area contributed by atoms with Gasteiger partial charge in [0.1, 0.15) is 22.9 Å². The van der Waals surface area contributed by atoms with Gasteiger partial charge in [-0.25, -0.2) is 14.1 Å². The number of hydrogen-bond donors (Lipinski definition) is 1. The van der Waals surface area contributed by atoms with Gasteiger partial charge in [-0.15, -0.1) is 0 Å². The van der Waals surface area contributed by atoms with E-state index >= 15 is 0 Å². The molecule has 1 fully saturated rings. The van der Waals surface area contributed by atoms with Crippen LogP contribution >= 0.6 is 11.6 Å². The van der Waals surface area contributed by atoms with Crippen molar-refractivity contribution in [2.24, 2.45) is 0 Å². The number of anilines is 1. The fourth-order valence-electron chi connectivity index (χ4n) is 3.15. The summed E-state index contributed by atoms with van der Waals surface area (Å²) in [6, 6.07) is 13.4. The quantitative estimate of drug-likeness (QED) is 0.461. The molecule has 0 atom stereocenters. The van der Waals surface area contributed by atoms with Crippen molar-refractivity contribution in [3.63, 3.8) is 0 Å². The van der Waals surface area contributed by atoms with Crippen LogP contribution in [0.1, 0.15) is 18.2 Å². The molecule has 0 unspecified atom stereocenters. The Morgan fingerprint density at radius 2 is 1.81 bits per heavy atom. The van der Waals surface area contributed by atoms with Gasteiger partial charge < -0.3 is 4.42 Å². The average molecular weight is 439 g/mol. The second-order valence-electron chi connectivity index (χ2n) is 6.81. The molecule has 0 radical (unpaired) electrons. The molecule has 0 aliphatic carbocycles. The molecule has 4 rings (SSSR count). The smallest absolute Gasteiger partial charge is 0.335 e. The summed E-state index contributed by atoms with van der Waals surface area (Å²) in [5.41, 5.74) is 1.67. The molecular weight excluding hydrogens is 423 g/mol. The Bertz CT molecular complexity index is 1230. The first-order chi connectivity index (χ1) is 14.9. The Balaban J connectivity index is 1.65. The summed E-state index contributed by atoms with van der Waals surface area (Å²) < 4.78 is 19.0. The van der Waals surface area contributed by atoms with E-state index in [4.69, 9.17) is 16.0 Å². The number of nitrogens with zero attached hydrogens (tertiary/aromatic N) is 1. The second-order valence-corrected chi connectivity index (χ2v) is 7.22. The summed E-state index contributed by atoms with van der Waals surface area (Å²) >= 11 is 5.81. The maximum atomic E-state index is 13.4. The predicted octanol–water partition coefficient (Wildman–Crippen LogP) is 4.97. The van der Waals surface area contributed by atoms with E-state index in [0.717, 1.165) is 16.9 Å². The number of urea groups is 1. The molecule has 2 aromatic carbocycles. The van der Waals surface area contributed by atoms with Crippen molar-refractivity contribution in [1.29, 1.82) is 0 Å². The molecule has 1 aromatic heterocycles. The van der Waals surface area contributed by atoms with Gasteiger partial charge in [0, 0.05) is 5.56 Å². The normalized spacial score (nSPS) is 15.5. The van der Waals surface area contributed by atoms with Crippen molar-refractivity contribution in [3.05, 3.63) is 82.3 Å². The van der Waals surface area contributed by atoms with E-state index in [1.54, 1.807) is 24.3 Å². The van der Waals surface area contributed by atoms with Gasteiger partial charge >= 0.3 is 6.03 Å². The van der Waals surface area contributed by atoms with Crippen LogP contribution in [0.2, 0.25) is 5.02 Å². The number of imide groups is 2. The molecule has 3 aromatic rings. The second kappa shape index (κ2) is 8.20. The van der Waals surface area contributed by atoms with E-state index in [-0.39, 0.29) is 16.4 Å². The number of aryl methyl sites for hydroxylation is 1. The number of rotatable bonds is 4. The zero-order valence-corrected chi connectivity index (χ0v) is 17.1. The third kappa shape index (κ3) is 4.00. The lowest BCUT2D eigenvalue weighted by Crippen LogP contribution is -2.54. The number of furan rings is 1. The standard InChI is InChI=1S/C23H16ClFN2O4/c1-2-13-3-6-15(7-4-13)27-22(29)17(21(28)26-23(27)30)12-16-8-10-20(31-16)14-5-9-19(25)18(24)11-14/h3-12H,2H2,1H3,(H,26,28,30)/b17-12-. The highest BCUT2D eigenvalue weighted by atomic mass is 35.5. The molecule has 1 aliphatic rings. The summed E-state index contributed by atoms with van der Waals surface area (Å²) in [5, 5.41) is 2.11. The van der Waals surface area contributed by atoms with Crippen molar-refractivity contribution < 1.29 is 23.2 Å². The van der Waals surface area contributed by atoms with Gasteiger partial charge in [0.2, 0.25) is 0 Å². The first-order valence-corrected chi connectivity index (χ1v) is 9.81. The van der Waals surface area contributed by atoms with Crippen molar-refractivity contribution in [3.8, 4) is 11.3 Å². The molecule has 2 heterocycles. The minimum absolute atomic E-state index is 0.0566. The summed E-state index contributed by atoms with van der Waals surface area (Å²) in [4.78, 5) is 38.4. The van der Waals surface area contributed by atoms with Crippen LogP contribution in [0.15, 0.2) is 64.6 Å². The van der Waals surface area contributed by atoms with Gasteiger partial charge in [-0.3, -0.25) is 14.9 Å². The minimum atomic E-state index is -0.822. The summed E-state index contributed by atoms with van der Waals surface area (Å²) in [5.74, 6) is -1.55. The summed E-state index contributed by atoms with van der Waals surface area (Å²) in [6.07, 6.45) is 2.07. The van der Waals surface area contributed by atoms with E-state index in [2.05, 4.69) is 5.32 Å². The molecule has 8 heteroatoms. The van der Waals surface area contributed by atoms with Crippen LogP contribution in [-0.4, -0.2) is 17.8 Å². The highest BCUT2D eigenvalue weighted by molar-refractivity contribution is 6.39. The van der Waals surface area contributed by atoms with Gasteiger partial charge in [-0.2, -0.15) is 0 Å². The van der Waals surface area contributed by atoms with Gasteiger partial charge in [-0.05, 0) is 60.5 Å². The van der Waals surface area contributed by atoms with E-state index in [9.17, 15) is 18.8 Å². The molecular formula is C23H16ClFN2O4. The van der Waals surface area contributed by atoms with Crippen LogP contribution in [0.25, 0.3) is 17.4 Å². The van der Waals surface area contributed by atoms with Gasteiger partial charge in [0.05, 0.1) is 10.7 Å². The predicted molar refractivity (Wildman–Crippen MR) is 114 cm³/mol. The molecule has 0 spiro atoms. The first kappa shape index (κ1) is 20.6. The number of carbonyl (C=O) groups is 3. The van der Waals surface area contributed by atoms with Crippen LogP contribution < -0.4 is 10.2 Å². The van der Waals surface area contributed by atoms with E-state index in [1.807, 2.05) is 19.1 Å². The molecule has 156 valence electrons. The largest absolute Gasteiger partial charge is 0.457 e. The lowest BCUT2D eigenvalue weighted by Gasteiger charge is -2.26. The van der Waals surface area contributed by atoms with Gasteiger partial charge in [0.15, 0.2) is 0 Å². The zero-order chi connectivity index (χ0) is 22.1. The number of amides is 4. The third-order valence-electron chi connectivity index (χ3n) is 4.82. The Morgan fingerprint density at radius 1 is 1.06 bits per heavy atom. The maximum absolute atomic E-state index is 13.4. The molecule has 0 bridgehead atoms. The van der Waals surface area contributed by atoms with Crippen LogP contribution in [0.5, 0.6) is 0 Å². The number of carbonyl (C=O) groups excluding carboxylic acids is 3. The van der Waals surface area contributed by atoms with Crippen LogP contribution in [0.4, 0.5) is 14.9 Å². The molecule has 31 heavy (non-hydrogen) atoms. The number of halogens is 2. The van der Waals surface area contributed by atoms with Crippen molar-refractivity contribution in [1.82, 2.24) is 5.32 Å². The topological polar surface area (TPSA) is 79.6 Å². The number of barbiturate groups is 1. The van der Waals surface area contributed by atoms with Crippen molar-refractivity contribution >= 4 is 41.2 Å². The third-order valence-corrected chi connectivity index (χ3v) is 5.11. The number of nitrogens with one attached hydrogen (secondary N) is 1. The lowest BCUT2D eigenvalue weighted by molar-refractivity contribution is -0.122. The Hall–Kier alpha value is -3.71. The Morgan fingerprint density at radius 3 is 2.48 bits per heavy atom. The summed E-state index contributed by atoms with van der Waals surface area (Å²) in [6.45, 7) is 1.99. The molecule has 0 saturated carbocycles. The SMILES string of the molecule is CCc1ccc(N2C(=O)NC(=O)/C(=C/c3ccc(-c4ccc(F)c(Cl)c4)o3)C2=O)cc1. The zero-order valence-electron chi connectivity index (χ0n) is 16.3. The highest BCUT2D eigenvalue weighted by Gasteiger charge is 2.37. The number of benzene rings is 2. The maximum Gasteiger partial charge on any atom is 0.335 e. The molecule has 6 nitrogen and oxygen atoms in total. The van der Waals surface area contributed by atoms with Crippen LogP contribution in [-0.2, 0) is 16.0 Å². The average Bonchev–Trinajstić information content (AvgIpc) is 3.22. The molecule has 1 N–H and O–H groups in total. The monoisotopic (exact) mass is 438 g/mol. The van der Waals surface area contributed by atoms with E-state index in [1.165, 1.54) is 24.3 Å². The summed E-state index contributed by atoms with van der Waals surface area (Å²) in [7, 11) is 0. The lowest BCUT2D eigenvalue weighted by atomic mass is 10.1. The fourth-order valence-corrected chi connectivity index (χ4v) is 3.33. The molecule has 1 saturated heterocycles. The Kier molecular flexibility index (Phi) is 5.44. The van der Waals surface area contributed by atoms with Crippen molar-refractivity contribution in [2.45, 2.75) is 13.3 Å². The van der Waals surface area contributed by atoms with E-state index in [0.29, 0.717) is 17.0 Å². The Labute approximate surface area is 181 Å². The van der Waals surface area contributed by atoms with Gasteiger partial charge in [0.25, 0.3) is 11.8 Å². The number of hydrogen-bond acceptors (Lipinski definition) is 4. The first-order valence-electron chi connectivity index (χ1n) is 9.43. The van der Waals surface area contributed by atoms with E-state index < -0.39 is 23.7 Å². The fraction of sp³-hybridized carbons (Fsp3) is 0.0870. The van der Waals surface area contributed by atoms with Gasteiger partial charge in [-0.1, -0.05) is 30.7 Å². The molecule has 1 aliphatic heterocycles. The molecule has 4 amide bonds.